The molecule has 3 aromatic rings. The highest BCUT2D eigenvalue weighted by atomic mass is 16.5. The van der Waals surface area contributed by atoms with Crippen LogP contribution in [0.3, 0.4) is 0 Å². The van der Waals surface area contributed by atoms with Gasteiger partial charge in [-0.3, -0.25) is 9.69 Å². The van der Waals surface area contributed by atoms with E-state index in [9.17, 15) is 9.90 Å². The van der Waals surface area contributed by atoms with Crippen LogP contribution in [0.1, 0.15) is 46.8 Å². The third-order valence-corrected chi connectivity index (χ3v) is 7.01. The number of methoxy groups -OCH3 is 1. The number of anilines is 1. The van der Waals surface area contributed by atoms with Crippen LogP contribution in [0, 0.1) is 0 Å². The van der Waals surface area contributed by atoms with E-state index in [0.717, 1.165) is 37.5 Å². The van der Waals surface area contributed by atoms with Gasteiger partial charge in [-0.15, -0.1) is 0 Å². The molecule has 36 heavy (non-hydrogen) atoms. The van der Waals surface area contributed by atoms with E-state index in [0.29, 0.717) is 35.1 Å². The summed E-state index contributed by atoms with van der Waals surface area (Å²) in [5, 5.41) is 10.7. The van der Waals surface area contributed by atoms with Crippen molar-refractivity contribution in [3.05, 3.63) is 88.7 Å². The smallest absolute Gasteiger partial charge is 0.231 e. The summed E-state index contributed by atoms with van der Waals surface area (Å²) in [5.41, 5.74) is 4.50. The fourth-order valence-electron chi connectivity index (χ4n) is 4.76. The van der Waals surface area contributed by atoms with Crippen LogP contribution in [0.4, 0.5) is 5.69 Å². The van der Waals surface area contributed by atoms with E-state index in [1.807, 2.05) is 24.3 Å². The number of hydrogen-bond acceptors (Lipinski definition) is 6. The standard InChI is InChI=1S/C30H32N2O4/c1-20(2)22-6-4-21(5-7-22)18-28-29(34)25-12-13-27(33)26(30(25)36-28)19-31-14-16-32(17-15-31)23-8-10-24(35-3)11-9-23/h4-13,18,20,33H,14-17,19H2,1-3H3/b28-18+. The molecule has 0 unspecified atom stereocenters. The van der Waals surface area contributed by atoms with Gasteiger partial charge >= 0.3 is 0 Å². The molecule has 0 spiro atoms. The van der Waals surface area contributed by atoms with Gasteiger partial charge in [0.2, 0.25) is 5.78 Å². The average molecular weight is 485 g/mol. The lowest BCUT2D eigenvalue weighted by Gasteiger charge is -2.36. The molecule has 2 aliphatic rings. The summed E-state index contributed by atoms with van der Waals surface area (Å²) < 4.78 is 11.3. The zero-order chi connectivity index (χ0) is 25.2. The maximum atomic E-state index is 13.1. The lowest BCUT2D eigenvalue weighted by molar-refractivity contribution is 0.101. The number of ketones is 1. The third kappa shape index (κ3) is 4.82. The number of carbonyl (C=O) groups excluding carboxylic acids is 1. The first kappa shape index (κ1) is 23.9. The number of rotatable bonds is 6. The molecule has 3 aromatic carbocycles. The van der Waals surface area contributed by atoms with Crippen LogP contribution in [0.15, 0.2) is 66.4 Å². The minimum absolute atomic E-state index is 0.150. The second-order valence-corrected chi connectivity index (χ2v) is 9.66. The number of nitrogens with zero attached hydrogens (tertiary/aromatic N) is 2. The van der Waals surface area contributed by atoms with Crippen LogP contribution in [0.25, 0.3) is 6.08 Å². The van der Waals surface area contributed by atoms with Gasteiger partial charge in [-0.1, -0.05) is 38.1 Å². The number of hydrogen-bond donors (Lipinski definition) is 1. The second kappa shape index (κ2) is 10.1. The van der Waals surface area contributed by atoms with Crippen LogP contribution in [-0.4, -0.2) is 49.1 Å². The number of piperazine rings is 1. The van der Waals surface area contributed by atoms with Crippen molar-refractivity contribution in [1.29, 1.82) is 0 Å². The van der Waals surface area contributed by atoms with Crippen LogP contribution < -0.4 is 14.4 Å². The Morgan fingerprint density at radius 3 is 2.31 bits per heavy atom. The van der Waals surface area contributed by atoms with Gasteiger partial charge < -0.3 is 19.5 Å². The number of phenols is 1. The van der Waals surface area contributed by atoms with E-state index in [-0.39, 0.29) is 11.5 Å². The molecule has 2 heterocycles. The van der Waals surface area contributed by atoms with Crippen molar-refractivity contribution in [2.24, 2.45) is 0 Å². The van der Waals surface area contributed by atoms with Crippen LogP contribution in [0.2, 0.25) is 0 Å². The van der Waals surface area contributed by atoms with Gasteiger partial charge in [0.05, 0.1) is 18.2 Å². The minimum Gasteiger partial charge on any atom is -0.507 e. The topological polar surface area (TPSA) is 62.2 Å². The van der Waals surface area contributed by atoms with E-state index in [1.165, 1.54) is 11.3 Å². The average Bonchev–Trinajstić information content (AvgIpc) is 3.21. The Kier molecular flexibility index (Phi) is 6.70. The quantitative estimate of drug-likeness (QED) is 0.469. The fourth-order valence-corrected chi connectivity index (χ4v) is 4.76. The Morgan fingerprint density at radius 1 is 0.972 bits per heavy atom. The molecule has 0 radical (unpaired) electrons. The third-order valence-electron chi connectivity index (χ3n) is 7.01. The number of carbonyl (C=O) groups is 1. The zero-order valence-corrected chi connectivity index (χ0v) is 21.0. The Morgan fingerprint density at radius 2 is 1.67 bits per heavy atom. The first-order valence-electron chi connectivity index (χ1n) is 12.4. The molecule has 6 heteroatoms. The Hall–Kier alpha value is -3.77. The van der Waals surface area contributed by atoms with Gasteiger partial charge in [-0.2, -0.15) is 0 Å². The van der Waals surface area contributed by atoms with E-state index in [1.54, 1.807) is 25.3 Å². The predicted octanol–water partition coefficient (Wildman–Crippen LogP) is 5.46. The van der Waals surface area contributed by atoms with E-state index in [2.05, 4.69) is 47.9 Å². The first-order chi connectivity index (χ1) is 17.4. The second-order valence-electron chi connectivity index (χ2n) is 9.66. The molecule has 0 amide bonds. The van der Waals surface area contributed by atoms with Crippen molar-refractivity contribution in [3.63, 3.8) is 0 Å². The molecule has 2 aliphatic heterocycles. The van der Waals surface area contributed by atoms with Gasteiger partial charge in [-0.05, 0) is 59.5 Å². The normalized spacial score (nSPS) is 16.9. The Bertz CT molecular complexity index is 1270. The molecule has 5 rings (SSSR count). The summed E-state index contributed by atoms with van der Waals surface area (Å²) in [5.74, 6) is 2.07. The lowest BCUT2D eigenvalue weighted by atomic mass is 10.0. The molecule has 1 fully saturated rings. The summed E-state index contributed by atoms with van der Waals surface area (Å²) in [6.45, 7) is 8.26. The summed E-state index contributed by atoms with van der Waals surface area (Å²) in [7, 11) is 1.67. The summed E-state index contributed by atoms with van der Waals surface area (Å²) >= 11 is 0. The lowest BCUT2D eigenvalue weighted by Crippen LogP contribution is -2.46. The number of ether oxygens (including phenoxy) is 2. The molecule has 1 N–H and O–H groups in total. The maximum Gasteiger partial charge on any atom is 0.231 e. The highest BCUT2D eigenvalue weighted by molar-refractivity contribution is 6.15. The molecule has 186 valence electrons. The van der Waals surface area contributed by atoms with E-state index < -0.39 is 0 Å². The zero-order valence-electron chi connectivity index (χ0n) is 21.0. The van der Waals surface area contributed by atoms with Crippen molar-refractivity contribution in [2.75, 3.05) is 38.2 Å². The number of phenolic OH excluding ortho intramolecular Hbond substituents is 1. The number of fused-ring (bicyclic) bond motifs is 1. The highest BCUT2D eigenvalue weighted by Crippen LogP contribution is 2.40. The predicted molar refractivity (Wildman–Crippen MR) is 142 cm³/mol. The molecular weight excluding hydrogens is 452 g/mol. The van der Waals surface area contributed by atoms with Crippen LogP contribution in [-0.2, 0) is 6.54 Å². The first-order valence-corrected chi connectivity index (χ1v) is 12.4. The van der Waals surface area contributed by atoms with Crippen molar-refractivity contribution in [2.45, 2.75) is 26.3 Å². The largest absolute Gasteiger partial charge is 0.507 e. The van der Waals surface area contributed by atoms with Crippen LogP contribution in [0.5, 0.6) is 17.2 Å². The van der Waals surface area contributed by atoms with Gasteiger partial charge in [0.25, 0.3) is 0 Å². The monoisotopic (exact) mass is 484 g/mol. The summed E-state index contributed by atoms with van der Waals surface area (Å²) in [6.07, 6.45) is 1.78. The Balaban J connectivity index is 1.29. The fraction of sp³-hybridized carbons (Fsp3) is 0.300. The molecule has 0 saturated carbocycles. The number of Topliss-reactive ketones (excluding diaryl/α,β-unsaturated/α-hetero) is 1. The molecule has 1 saturated heterocycles. The molecule has 0 bridgehead atoms. The Labute approximate surface area is 212 Å². The minimum atomic E-state index is -0.150. The van der Waals surface area contributed by atoms with E-state index in [4.69, 9.17) is 9.47 Å². The van der Waals surface area contributed by atoms with Crippen molar-refractivity contribution < 1.29 is 19.4 Å². The van der Waals surface area contributed by atoms with Gasteiger partial charge in [0, 0.05) is 38.4 Å². The molecule has 6 nitrogen and oxygen atoms in total. The van der Waals surface area contributed by atoms with E-state index >= 15 is 0 Å². The molecule has 0 aromatic heterocycles. The number of allylic oxidation sites excluding steroid dienone is 1. The van der Waals surface area contributed by atoms with Crippen molar-refractivity contribution in [3.8, 4) is 17.2 Å². The van der Waals surface area contributed by atoms with Crippen molar-refractivity contribution in [1.82, 2.24) is 4.90 Å². The van der Waals surface area contributed by atoms with Crippen molar-refractivity contribution >= 4 is 17.5 Å². The molecule has 0 atom stereocenters. The van der Waals surface area contributed by atoms with Gasteiger partial charge in [0.1, 0.15) is 17.2 Å². The highest BCUT2D eigenvalue weighted by Gasteiger charge is 2.32. The SMILES string of the molecule is COc1ccc(N2CCN(Cc3c(O)ccc4c3O/C(=C/c3ccc(C(C)C)cc3)C4=O)CC2)cc1. The van der Waals surface area contributed by atoms with Crippen LogP contribution >= 0.6 is 0 Å². The summed E-state index contributed by atoms with van der Waals surface area (Å²) in [4.78, 5) is 17.7. The maximum absolute atomic E-state index is 13.1. The van der Waals surface area contributed by atoms with Gasteiger partial charge in [0.15, 0.2) is 5.76 Å². The van der Waals surface area contributed by atoms with Gasteiger partial charge in [-0.25, -0.2) is 0 Å². The molecular formula is C30H32N2O4. The number of aromatic hydroxyl groups is 1. The number of benzene rings is 3. The summed E-state index contributed by atoms with van der Waals surface area (Å²) in [6, 6.07) is 19.5. The molecule has 0 aliphatic carbocycles.